The number of halogens is 4. The van der Waals surface area contributed by atoms with Gasteiger partial charge in [0.2, 0.25) is 11.8 Å². The molecule has 0 aliphatic rings. The molecule has 0 bridgehead atoms. The van der Waals surface area contributed by atoms with E-state index >= 15 is 0 Å². The fourth-order valence-electron chi connectivity index (χ4n) is 3.94. The van der Waals surface area contributed by atoms with E-state index in [1.54, 1.807) is 44.2 Å². The van der Waals surface area contributed by atoms with Gasteiger partial charge in [-0.05, 0) is 73.5 Å². The van der Waals surface area contributed by atoms with Crippen molar-refractivity contribution in [1.29, 1.82) is 0 Å². The number of carbonyl (C=O) groups excluding carboxylic acids is 2. The van der Waals surface area contributed by atoms with Crippen molar-refractivity contribution in [3.05, 3.63) is 92.4 Å². The zero-order valence-electron chi connectivity index (χ0n) is 21.2. The van der Waals surface area contributed by atoms with Gasteiger partial charge in [0.05, 0.1) is 20.6 Å². The van der Waals surface area contributed by atoms with Crippen LogP contribution in [-0.4, -0.2) is 44.3 Å². The molecule has 12 heteroatoms. The third-order valence-electron chi connectivity index (χ3n) is 5.85. The molecule has 0 saturated heterocycles. The van der Waals surface area contributed by atoms with Crippen LogP contribution in [0.4, 0.5) is 5.69 Å². The number of anilines is 1. The lowest BCUT2D eigenvalue weighted by Crippen LogP contribution is -2.52. The molecule has 1 N–H and O–H groups in total. The minimum atomic E-state index is -4.23. The second kappa shape index (κ2) is 13.7. The van der Waals surface area contributed by atoms with E-state index in [2.05, 4.69) is 5.32 Å². The lowest BCUT2D eigenvalue weighted by atomic mass is 10.1. The van der Waals surface area contributed by atoms with Gasteiger partial charge in [-0.15, -0.1) is 0 Å². The van der Waals surface area contributed by atoms with Crippen molar-refractivity contribution in [2.75, 3.05) is 17.4 Å². The largest absolute Gasteiger partial charge is 0.355 e. The molecule has 3 aromatic carbocycles. The van der Waals surface area contributed by atoms with Gasteiger partial charge in [-0.3, -0.25) is 13.9 Å². The topological polar surface area (TPSA) is 86.8 Å². The normalized spacial score (nSPS) is 12.1. The molecule has 0 aliphatic carbocycles. The van der Waals surface area contributed by atoms with E-state index < -0.39 is 28.5 Å². The second-order valence-corrected chi connectivity index (χ2v) is 12.1. The molecule has 0 saturated carbocycles. The number of amides is 2. The van der Waals surface area contributed by atoms with Crippen molar-refractivity contribution in [1.82, 2.24) is 10.2 Å². The summed E-state index contributed by atoms with van der Waals surface area (Å²) >= 11 is 24.4. The summed E-state index contributed by atoms with van der Waals surface area (Å²) in [6.07, 6.45) is 0.292. The Hall–Kier alpha value is -2.49. The zero-order valence-corrected chi connectivity index (χ0v) is 25.0. The predicted octanol–water partition coefficient (Wildman–Crippen LogP) is 6.44. The molecular weight excluding hydrogens is 604 g/mol. The van der Waals surface area contributed by atoms with Crippen LogP contribution < -0.4 is 9.62 Å². The molecule has 1 unspecified atom stereocenters. The lowest BCUT2D eigenvalue weighted by molar-refractivity contribution is -0.140. The summed E-state index contributed by atoms with van der Waals surface area (Å²) in [5.74, 6) is -0.958. The van der Waals surface area contributed by atoms with Crippen molar-refractivity contribution >= 4 is 73.9 Å². The van der Waals surface area contributed by atoms with E-state index in [9.17, 15) is 18.0 Å². The molecule has 0 aromatic heterocycles. The summed E-state index contributed by atoms with van der Waals surface area (Å²) in [6, 6.07) is 15.8. The van der Waals surface area contributed by atoms with Crippen LogP contribution in [0.25, 0.3) is 0 Å². The second-order valence-electron chi connectivity index (χ2n) is 8.53. The molecule has 2 amide bonds. The van der Waals surface area contributed by atoms with E-state index in [4.69, 9.17) is 46.4 Å². The number of carbonyl (C=O) groups is 2. The Bertz CT molecular complexity index is 1440. The SMILES string of the molecule is CCNC(=O)C(CC)N(Cc1ccc(Cl)c(Cl)c1)C(=O)CN(c1cccc(Cl)c1)S(=O)(=O)c1ccc(Cl)cc1. The van der Waals surface area contributed by atoms with Crippen molar-refractivity contribution in [3.8, 4) is 0 Å². The zero-order chi connectivity index (χ0) is 28.7. The summed E-state index contributed by atoms with van der Waals surface area (Å²) in [5, 5.41) is 4.03. The smallest absolute Gasteiger partial charge is 0.264 e. The van der Waals surface area contributed by atoms with Crippen LogP contribution in [0.3, 0.4) is 0 Å². The number of nitrogens with one attached hydrogen (secondary N) is 1. The average Bonchev–Trinajstić information content (AvgIpc) is 2.89. The third-order valence-corrected chi connectivity index (χ3v) is 8.86. The average molecular weight is 631 g/mol. The fourth-order valence-corrected chi connectivity index (χ4v) is 5.98. The van der Waals surface area contributed by atoms with E-state index in [1.165, 1.54) is 41.3 Å². The Morgan fingerprint density at radius 3 is 2.15 bits per heavy atom. The maximum atomic E-state index is 13.9. The standard InChI is InChI=1S/C27H27Cl4N3O4S/c1-3-25(27(36)32-4-2)33(16-18-8-13-23(30)24(31)14-18)26(35)17-34(21-7-5-6-20(29)15-21)39(37,38)22-11-9-19(28)10-12-22/h5-15,25H,3-4,16-17H2,1-2H3,(H,32,36). The first-order valence-electron chi connectivity index (χ1n) is 12.0. The van der Waals surface area contributed by atoms with Gasteiger partial charge in [0, 0.05) is 23.1 Å². The maximum absolute atomic E-state index is 13.9. The molecule has 3 rings (SSSR count). The summed E-state index contributed by atoms with van der Waals surface area (Å²) in [5.41, 5.74) is 0.807. The Kier molecular flexibility index (Phi) is 10.9. The number of sulfonamides is 1. The highest BCUT2D eigenvalue weighted by atomic mass is 35.5. The van der Waals surface area contributed by atoms with Crippen molar-refractivity contribution in [2.24, 2.45) is 0 Å². The van der Waals surface area contributed by atoms with Crippen LogP contribution in [0.2, 0.25) is 20.1 Å². The highest BCUT2D eigenvalue weighted by molar-refractivity contribution is 7.92. The lowest BCUT2D eigenvalue weighted by Gasteiger charge is -2.33. The van der Waals surface area contributed by atoms with Crippen LogP contribution in [-0.2, 0) is 26.2 Å². The summed E-state index contributed by atoms with van der Waals surface area (Å²) in [6.45, 7) is 3.31. The van der Waals surface area contributed by atoms with Gasteiger partial charge in [0.25, 0.3) is 10.0 Å². The Labute approximate surface area is 248 Å². The predicted molar refractivity (Wildman–Crippen MR) is 157 cm³/mol. The molecule has 0 aliphatic heterocycles. The maximum Gasteiger partial charge on any atom is 0.264 e. The van der Waals surface area contributed by atoms with Crippen molar-refractivity contribution < 1.29 is 18.0 Å². The number of hydrogen-bond donors (Lipinski definition) is 1. The van der Waals surface area contributed by atoms with Crippen molar-refractivity contribution in [2.45, 2.75) is 37.8 Å². The molecular formula is C27H27Cl4N3O4S. The van der Waals surface area contributed by atoms with E-state index in [0.717, 1.165) is 4.31 Å². The quantitative estimate of drug-likeness (QED) is 0.264. The molecule has 1 atom stereocenters. The van der Waals surface area contributed by atoms with Crippen LogP contribution in [0.5, 0.6) is 0 Å². The van der Waals surface area contributed by atoms with E-state index in [1.807, 2.05) is 0 Å². The first-order chi connectivity index (χ1) is 18.5. The van der Waals surface area contributed by atoms with E-state index in [0.29, 0.717) is 33.6 Å². The van der Waals surface area contributed by atoms with Crippen molar-refractivity contribution in [3.63, 3.8) is 0 Å². The molecule has 208 valence electrons. The number of rotatable bonds is 11. The summed E-state index contributed by atoms with van der Waals surface area (Å²) in [7, 11) is -4.23. The van der Waals surface area contributed by atoms with Gasteiger partial charge in [0.1, 0.15) is 12.6 Å². The molecule has 3 aromatic rings. The van der Waals surface area contributed by atoms with Gasteiger partial charge in [-0.2, -0.15) is 0 Å². The highest BCUT2D eigenvalue weighted by Crippen LogP contribution is 2.28. The minimum absolute atomic E-state index is 0.00422. The van der Waals surface area contributed by atoms with Crippen LogP contribution in [0.15, 0.2) is 71.6 Å². The molecule has 7 nitrogen and oxygen atoms in total. The number of likely N-dealkylation sites (N-methyl/N-ethyl adjacent to an activating group) is 1. The summed E-state index contributed by atoms with van der Waals surface area (Å²) in [4.78, 5) is 28.2. The van der Waals surface area contributed by atoms with Gasteiger partial charge in [-0.1, -0.05) is 65.5 Å². The first-order valence-corrected chi connectivity index (χ1v) is 15.0. The molecule has 39 heavy (non-hydrogen) atoms. The highest BCUT2D eigenvalue weighted by Gasteiger charge is 2.33. The van der Waals surface area contributed by atoms with Gasteiger partial charge in [0.15, 0.2) is 0 Å². The Morgan fingerprint density at radius 2 is 1.56 bits per heavy atom. The fraction of sp³-hybridized carbons (Fsp3) is 0.259. The Balaban J connectivity index is 2.07. The molecule has 0 heterocycles. The van der Waals surface area contributed by atoms with Crippen LogP contribution in [0, 0.1) is 0 Å². The van der Waals surface area contributed by atoms with E-state index in [-0.39, 0.29) is 28.1 Å². The van der Waals surface area contributed by atoms with Gasteiger partial charge < -0.3 is 10.2 Å². The molecule has 0 radical (unpaired) electrons. The molecule has 0 spiro atoms. The number of benzene rings is 3. The summed E-state index contributed by atoms with van der Waals surface area (Å²) < 4.78 is 28.5. The van der Waals surface area contributed by atoms with Crippen LogP contribution >= 0.6 is 46.4 Å². The number of hydrogen-bond acceptors (Lipinski definition) is 4. The first kappa shape index (κ1) is 31.0. The third kappa shape index (κ3) is 7.80. The monoisotopic (exact) mass is 629 g/mol. The molecule has 0 fully saturated rings. The minimum Gasteiger partial charge on any atom is -0.355 e. The van der Waals surface area contributed by atoms with Crippen LogP contribution in [0.1, 0.15) is 25.8 Å². The number of nitrogens with zero attached hydrogens (tertiary/aromatic N) is 2. The van der Waals surface area contributed by atoms with Gasteiger partial charge in [-0.25, -0.2) is 8.42 Å². The van der Waals surface area contributed by atoms with Gasteiger partial charge >= 0.3 is 0 Å². The Morgan fingerprint density at radius 1 is 0.872 bits per heavy atom.